The Hall–Kier alpha value is -2.16. The van der Waals surface area contributed by atoms with Crippen molar-refractivity contribution in [3.05, 3.63) is 64.1 Å². The summed E-state index contributed by atoms with van der Waals surface area (Å²) in [6.45, 7) is 0. The Bertz CT molecular complexity index is 1050. The quantitative estimate of drug-likeness (QED) is 0.333. The maximum absolute atomic E-state index is 5.74. The third kappa shape index (κ3) is 4.40. The molecule has 4 rings (SSSR count). The highest BCUT2D eigenvalue weighted by molar-refractivity contribution is 9.10. The molecule has 2 heterocycles. The summed E-state index contributed by atoms with van der Waals surface area (Å²) in [5.74, 6) is 2.01. The maximum Gasteiger partial charge on any atom is 0.277 e. The summed E-state index contributed by atoms with van der Waals surface area (Å²) in [7, 11) is 1.66. The average Bonchev–Trinajstić information content (AvgIpc) is 3.37. The van der Waals surface area contributed by atoms with Crippen molar-refractivity contribution in [3.8, 4) is 27.8 Å². The second-order valence-corrected chi connectivity index (χ2v) is 8.25. The number of hydrogen-bond donors (Lipinski definition) is 0. The van der Waals surface area contributed by atoms with E-state index in [0.717, 1.165) is 32.1 Å². The van der Waals surface area contributed by atoms with Gasteiger partial charge < -0.3 is 9.15 Å². The fourth-order valence-corrected chi connectivity index (χ4v) is 4.22. The van der Waals surface area contributed by atoms with Crippen molar-refractivity contribution in [2.45, 2.75) is 11.0 Å². The van der Waals surface area contributed by atoms with E-state index in [4.69, 9.17) is 14.1 Å². The molecule has 0 fully saturated rings. The van der Waals surface area contributed by atoms with Crippen molar-refractivity contribution >= 4 is 39.0 Å². The van der Waals surface area contributed by atoms with Gasteiger partial charge in [0, 0.05) is 26.7 Å². The average molecular weight is 460 g/mol. The van der Waals surface area contributed by atoms with Crippen LogP contribution in [-0.4, -0.2) is 22.3 Å². The molecule has 0 saturated heterocycles. The Labute approximate surface area is 172 Å². The molecule has 0 bridgehead atoms. The number of ether oxygens (including phenoxy) is 1. The molecule has 8 heteroatoms. The van der Waals surface area contributed by atoms with Crippen LogP contribution in [0.1, 0.15) is 5.69 Å². The van der Waals surface area contributed by atoms with Crippen molar-refractivity contribution in [2.24, 2.45) is 0 Å². The molecule has 0 atom stereocenters. The molecule has 27 heavy (non-hydrogen) atoms. The van der Waals surface area contributed by atoms with Crippen LogP contribution in [-0.2, 0) is 5.75 Å². The van der Waals surface area contributed by atoms with Gasteiger partial charge in [0.1, 0.15) is 10.8 Å². The highest BCUT2D eigenvalue weighted by Crippen LogP contribution is 2.30. The van der Waals surface area contributed by atoms with Crippen molar-refractivity contribution in [1.82, 2.24) is 15.2 Å². The van der Waals surface area contributed by atoms with E-state index < -0.39 is 0 Å². The topological polar surface area (TPSA) is 61.0 Å². The zero-order valence-electron chi connectivity index (χ0n) is 14.3. The van der Waals surface area contributed by atoms with E-state index >= 15 is 0 Å². The number of thiazole rings is 1. The molecule has 5 nitrogen and oxygen atoms in total. The van der Waals surface area contributed by atoms with Crippen LogP contribution < -0.4 is 4.74 Å². The van der Waals surface area contributed by atoms with Crippen LogP contribution >= 0.6 is 39.0 Å². The van der Waals surface area contributed by atoms with Gasteiger partial charge in [0.2, 0.25) is 5.89 Å². The molecule has 4 aromatic rings. The van der Waals surface area contributed by atoms with Gasteiger partial charge in [-0.2, -0.15) is 0 Å². The number of rotatable bonds is 6. The van der Waals surface area contributed by atoms with Crippen LogP contribution in [0.4, 0.5) is 0 Å². The van der Waals surface area contributed by atoms with Gasteiger partial charge in [-0.1, -0.05) is 39.8 Å². The van der Waals surface area contributed by atoms with Crippen molar-refractivity contribution in [1.29, 1.82) is 0 Å². The maximum atomic E-state index is 5.74. The number of aromatic nitrogens is 3. The first-order chi connectivity index (χ1) is 13.2. The fraction of sp³-hybridized carbons (Fsp3) is 0.105. The molecule has 136 valence electrons. The number of methoxy groups -OCH3 is 1. The van der Waals surface area contributed by atoms with E-state index in [-0.39, 0.29) is 0 Å². The van der Waals surface area contributed by atoms with Crippen molar-refractivity contribution < 1.29 is 9.15 Å². The van der Waals surface area contributed by atoms with Gasteiger partial charge in [0.25, 0.3) is 5.22 Å². The van der Waals surface area contributed by atoms with Crippen LogP contribution in [0.5, 0.6) is 5.75 Å². The summed E-state index contributed by atoms with van der Waals surface area (Å²) in [6, 6.07) is 15.7. The minimum atomic E-state index is 0.514. The SMILES string of the molecule is COc1cccc(-c2nc(CSc3nnc(-c4ccc(Br)cc4)o3)cs2)c1. The molecular weight excluding hydrogens is 446 g/mol. The van der Waals surface area contributed by atoms with Gasteiger partial charge in [0.05, 0.1) is 12.8 Å². The third-order valence-corrected chi connectivity index (χ3v) is 6.03. The van der Waals surface area contributed by atoms with Crippen LogP contribution in [0.2, 0.25) is 0 Å². The van der Waals surface area contributed by atoms with E-state index in [2.05, 4.69) is 26.1 Å². The van der Waals surface area contributed by atoms with Gasteiger partial charge in [-0.05, 0) is 36.4 Å². The number of nitrogens with zero attached hydrogens (tertiary/aromatic N) is 3. The van der Waals surface area contributed by atoms with Gasteiger partial charge in [-0.3, -0.25) is 0 Å². The zero-order valence-corrected chi connectivity index (χ0v) is 17.5. The molecule has 0 aliphatic heterocycles. The predicted molar refractivity (Wildman–Crippen MR) is 111 cm³/mol. The van der Waals surface area contributed by atoms with Crippen LogP contribution in [0.25, 0.3) is 22.0 Å². The van der Waals surface area contributed by atoms with Gasteiger partial charge in [0.15, 0.2) is 0 Å². The Morgan fingerprint density at radius 1 is 1.11 bits per heavy atom. The van der Waals surface area contributed by atoms with Crippen molar-refractivity contribution in [3.63, 3.8) is 0 Å². The molecule has 0 radical (unpaired) electrons. The number of benzene rings is 2. The number of thioether (sulfide) groups is 1. The smallest absolute Gasteiger partial charge is 0.277 e. The first-order valence-corrected chi connectivity index (χ1v) is 10.7. The monoisotopic (exact) mass is 459 g/mol. The first-order valence-electron chi connectivity index (χ1n) is 8.02. The Balaban J connectivity index is 1.42. The van der Waals surface area contributed by atoms with Gasteiger partial charge >= 0.3 is 0 Å². The normalized spacial score (nSPS) is 10.9. The second-order valence-electron chi connectivity index (χ2n) is 5.54. The Kier molecular flexibility index (Phi) is 5.56. The molecule has 0 aliphatic rings. The lowest BCUT2D eigenvalue weighted by atomic mass is 10.2. The number of hydrogen-bond acceptors (Lipinski definition) is 7. The molecule has 2 aromatic heterocycles. The Morgan fingerprint density at radius 2 is 1.96 bits per heavy atom. The zero-order chi connectivity index (χ0) is 18.6. The minimum Gasteiger partial charge on any atom is -0.497 e. The molecule has 0 amide bonds. The molecule has 0 N–H and O–H groups in total. The van der Waals surface area contributed by atoms with E-state index in [0.29, 0.717) is 16.9 Å². The largest absolute Gasteiger partial charge is 0.497 e. The highest BCUT2D eigenvalue weighted by atomic mass is 79.9. The summed E-state index contributed by atoms with van der Waals surface area (Å²) in [5, 5.41) is 11.8. The van der Waals surface area contributed by atoms with E-state index in [9.17, 15) is 0 Å². The van der Waals surface area contributed by atoms with Crippen LogP contribution in [0, 0.1) is 0 Å². The lowest BCUT2D eigenvalue weighted by molar-refractivity contribution is 0.415. The second kappa shape index (κ2) is 8.24. The minimum absolute atomic E-state index is 0.514. The standard InChI is InChI=1S/C19H14BrN3O2S2/c1-24-16-4-2-3-13(9-16)18-21-15(10-26-18)11-27-19-23-22-17(25-19)12-5-7-14(20)8-6-12/h2-10H,11H2,1H3. The number of halogens is 1. The van der Waals surface area contributed by atoms with E-state index in [1.807, 2.05) is 53.9 Å². The predicted octanol–water partition coefficient (Wildman–Crippen LogP) is 5.92. The van der Waals surface area contributed by atoms with E-state index in [1.54, 1.807) is 18.4 Å². The van der Waals surface area contributed by atoms with Crippen LogP contribution in [0.3, 0.4) is 0 Å². The summed E-state index contributed by atoms with van der Waals surface area (Å²) < 4.78 is 12.0. The molecule has 0 spiro atoms. The van der Waals surface area contributed by atoms with E-state index in [1.165, 1.54) is 11.8 Å². The molecule has 2 aromatic carbocycles. The van der Waals surface area contributed by atoms with Gasteiger partial charge in [-0.25, -0.2) is 4.98 Å². The molecule has 0 unspecified atom stereocenters. The summed E-state index contributed by atoms with van der Waals surface area (Å²) in [4.78, 5) is 4.69. The molecular formula is C19H14BrN3O2S2. The summed E-state index contributed by atoms with van der Waals surface area (Å²) in [5.41, 5.74) is 2.92. The highest BCUT2D eigenvalue weighted by Gasteiger charge is 2.11. The summed E-state index contributed by atoms with van der Waals surface area (Å²) in [6.07, 6.45) is 0. The molecule has 0 aliphatic carbocycles. The summed E-state index contributed by atoms with van der Waals surface area (Å²) >= 11 is 6.50. The first kappa shape index (κ1) is 18.2. The third-order valence-electron chi connectivity index (χ3n) is 3.71. The van der Waals surface area contributed by atoms with Gasteiger partial charge in [-0.15, -0.1) is 21.5 Å². The van der Waals surface area contributed by atoms with Crippen LogP contribution in [0.15, 0.2) is 68.0 Å². The Morgan fingerprint density at radius 3 is 2.78 bits per heavy atom. The molecule has 0 saturated carbocycles. The van der Waals surface area contributed by atoms with Crippen molar-refractivity contribution in [2.75, 3.05) is 7.11 Å². The lowest BCUT2D eigenvalue weighted by Crippen LogP contribution is -1.85. The fourth-order valence-electron chi connectivity index (χ4n) is 2.37. The lowest BCUT2D eigenvalue weighted by Gasteiger charge is -2.01.